The van der Waals surface area contributed by atoms with Gasteiger partial charge in [0, 0.05) is 0 Å². The van der Waals surface area contributed by atoms with Gasteiger partial charge in [-0.3, -0.25) is 0 Å². The summed E-state index contributed by atoms with van der Waals surface area (Å²) >= 11 is 0. The highest BCUT2D eigenvalue weighted by atomic mass is 16.6. The molecule has 0 aromatic carbocycles. The summed E-state index contributed by atoms with van der Waals surface area (Å²) in [6.45, 7) is 8.91. The van der Waals surface area contributed by atoms with Gasteiger partial charge in [-0.1, -0.05) is 0 Å². The number of carbonyl (C=O) groups is 3. The molecule has 0 spiro atoms. The van der Waals surface area contributed by atoms with E-state index in [1.54, 1.807) is 20.8 Å². The van der Waals surface area contributed by atoms with Crippen LogP contribution in [0.25, 0.3) is 0 Å². The highest BCUT2D eigenvalue weighted by molar-refractivity contribution is 5.83. The van der Waals surface area contributed by atoms with Crippen molar-refractivity contribution < 1.29 is 33.7 Å². The predicted molar refractivity (Wildman–Crippen MR) is 68.6 cm³/mol. The fraction of sp³-hybridized carbons (Fsp3) is 0.769. The second-order valence-corrected chi connectivity index (χ2v) is 5.37. The Hall–Kier alpha value is -1.63. The van der Waals surface area contributed by atoms with Crippen molar-refractivity contribution in [3.8, 4) is 0 Å². The van der Waals surface area contributed by atoms with Crippen LogP contribution in [0.3, 0.4) is 0 Å². The zero-order chi connectivity index (χ0) is 16.1. The fourth-order valence-electron chi connectivity index (χ4n) is 1.02. The van der Waals surface area contributed by atoms with Gasteiger partial charge < -0.3 is 19.3 Å². The van der Waals surface area contributed by atoms with Crippen LogP contribution in [0.15, 0.2) is 0 Å². The molecule has 0 radical (unpaired) electrons. The Balaban J connectivity index is 4.38. The molecule has 0 amide bonds. The smallest absolute Gasteiger partial charge is 0.347 e. The van der Waals surface area contributed by atoms with E-state index in [9.17, 15) is 14.4 Å². The maximum atomic E-state index is 11.6. The molecule has 7 nitrogen and oxygen atoms in total. The van der Waals surface area contributed by atoms with Crippen molar-refractivity contribution >= 4 is 17.9 Å². The summed E-state index contributed by atoms with van der Waals surface area (Å²) in [4.78, 5) is 34.3. The number of hydrogen-bond donors (Lipinski definition) is 1. The Kier molecular flexibility index (Phi) is 6.64. The van der Waals surface area contributed by atoms with Gasteiger partial charge in [-0.25, -0.2) is 14.4 Å². The predicted octanol–water partition coefficient (Wildman–Crippen LogP) is 0.572. The molecule has 1 N–H and O–H groups in total. The van der Waals surface area contributed by atoms with Crippen molar-refractivity contribution in [1.29, 1.82) is 0 Å². The molecule has 7 heteroatoms. The summed E-state index contributed by atoms with van der Waals surface area (Å²) in [7, 11) is 0. The number of aliphatic hydroxyl groups is 1. The first-order chi connectivity index (χ1) is 8.94. The lowest BCUT2D eigenvalue weighted by Crippen LogP contribution is -2.37. The number of rotatable bonds is 5. The number of carbonyl (C=O) groups excluding carboxylic acids is 3. The third-order valence-corrected chi connectivity index (χ3v) is 2.00. The average molecular weight is 290 g/mol. The summed E-state index contributed by atoms with van der Waals surface area (Å²) in [5, 5.41) is 8.95. The first-order valence-corrected chi connectivity index (χ1v) is 6.26. The molecule has 0 saturated carbocycles. The third-order valence-electron chi connectivity index (χ3n) is 2.00. The minimum atomic E-state index is -1.34. The number of aliphatic hydroxyl groups excluding tert-OH is 1. The van der Waals surface area contributed by atoms with Crippen LogP contribution in [-0.4, -0.2) is 46.9 Å². The van der Waals surface area contributed by atoms with Crippen LogP contribution in [-0.2, 0) is 28.6 Å². The van der Waals surface area contributed by atoms with Gasteiger partial charge in [-0.2, -0.15) is 0 Å². The van der Waals surface area contributed by atoms with Gasteiger partial charge in [0.15, 0.2) is 12.2 Å². The summed E-state index contributed by atoms with van der Waals surface area (Å²) in [5.74, 6) is -2.53. The Morgan fingerprint density at radius 2 is 1.25 bits per heavy atom. The standard InChI is InChI=1S/C13H22O7/c1-7(14)10(15)18-8(2)11(16)19-9(3)12(17)20-13(4,5)6/h7-9,14H,1-6H3/t7-,8-,9-/m0/s1. The molecule has 0 aliphatic heterocycles. The van der Waals surface area contributed by atoms with E-state index < -0.39 is 41.8 Å². The largest absolute Gasteiger partial charge is 0.457 e. The number of esters is 3. The lowest BCUT2D eigenvalue weighted by molar-refractivity contribution is -0.183. The van der Waals surface area contributed by atoms with E-state index in [1.165, 1.54) is 20.8 Å². The summed E-state index contributed by atoms with van der Waals surface area (Å²) in [6.07, 6.45) is -3.68. The maximum absolute atomic E-state index is 11.6. The van der Waals surface area contributed by atoms with Gasteiger partial charge in [-0.15, -0.1) is 0 Å². The van der Waals surface area contributed by atoms with Gasteiger partial charge in [0.1, 0.15) is 11.7 Å². The van der Waals surface area contributed by atoms with Crippen molar-refractivity contribution in [3.05, 3.63) is 0 Å². The highest BCUT2D eigenvalue weighted by Crippen LogP contribution is 2.10. The molecule has 0 fully saturated rings. The SMILES string of the molecule is C[C@H](O)C(=O)O[C@@H](C)C(=O)O[C@@H](C)C(=O)OC(C)(C)C. The van der Waals surface area contributed by atoms with Crippen LogP contribution in [0.4, 0.5) is 0 Å². The first kappa shape index (κ1) is 18.4. The molecule has 0 bridgehead atoms. The summed E-state index contributed by atoms with van der Waals surface area (Å²) in [6, 6.07) is 0. The molecule has 0 aliphatic rings. The molecule has 0 saturated heterocycles. The molecule has 0 rings (SSSR count). The zero-order valence-corrected chi connectivity index (χ0v) is 12.6. The second kappa shape index (κ2) is 7.23. The Bertz CT molecular complexity index is 367. The third kappa shape index (κ3) is 7.08. The van der Waals surface area contributed by atoms with Gasteiger partial charge in [0.2, 0.25) is 0 Å². The normalized spacial score (nSPS) is 15.8. The Morgan fingerprint density at radius 1 is 0.850 bits per heavy atom. The van der Waals surface area contributed by atoms with Crippen LogP contribution in [0.5, 0.6) is 0 Å². The molecular formula is C13H22O7. The molecule has 3 atom stereocenters. The topological polar surface area (TPSA) is 99.1 Å². The minimum absolute atomic E-state index is 0.692. The number of hydrogen-bond acceptors (Lipinski definition) is 7. The van der Waals surface area contributed by atoms with E-state index in [0.29, 0.717) is 0 Å². The molecule has 0 unspecified atom stereocenters. The molecule has 0 aromatic rings. The average Bonchev–Trinajstić information content (AvgIpc) is 2.25. The van der Waals surface area contributed by atoms with Gasteiger partial charge in [0.25, 0.3) is 0 Å². The minimum Gasteiger partial charge on any atom is -0.457 e. The quantitative estimate of drug-likeness (QED) is 0.583. The van der Waals surface area contributed by atoms with E-state index in [4.69, 9.17) is 14.6 Å². The lowest BCUT2D eigenvalue weighted by Gasteiger charge is -2.23. The molecule has 0 aliphatic carbocycles. The van der Waals surface area contributed by atoms with Crippen LogP contribution in [0.2, 0.25) is 0 Å². The second-order valence-electron chi connectivity index (χ2n) is 5.37. The molecule has 116 valence electrons. The molecular weight excluding hydrogens is 268 g/mol. The molecule has 20 heavy (non-hydrogen) atoms. The van der Waals surface area contributed by atoms with E-state index in [1.807, 2.05) is 0 Å². The monoisotopic (exact) mass is 290 g/mol. The highest BCUT2D eigenvalue weighted by Gasteiger charge is 2.28. The van der Waals surface area contributed by atoms with Crippen LogP contribution in [0, 0.1) is 0 Å². The van der Waals surface area contributed by atoms with Crippen LogP contribution < -0.4 is 0 Å². The van der Waals surface area contributed by atoms with Crippen molar-refractivity contribution in [1.82, 2.24) is 0 Å². The van der Waals surface area contributed by atoms with Crippen molar-refractivity contribution in [2.45, 2.75) is 65.5 Å². The van der Waals surface area contributed by atoms with Gasteiger partial charge >= 0.3 is 17.9 Å². The van der Waals surface area contributed by atoms with Crippen molar-refractivity contribution in [2.24, 2.45) is 0 Å². The van der Waals surface area contributed by atoms with E-state index in [-0.39, 0.29) is 0 Å². The van der Waals surface area contributed by atoms with Crippen LogP contribution >= 0.6 is 0 Å². The van der Waals surface area contributed by atoms with Crippen molar-refractivity contribution in [3.63, 3.8) is 0 Å². The van der Waals surface area contributed by atoms with Gasteiger partial charge in [0.05, 0.1) is 0 Å². The lowest BCUT2D eigenvalue weighted by atomic mass is 10.2. The Morgan fingerprint density at radius 3 is 1.65 bits per heavy atom. The van der Waals surface area contributed by atoms with E-state index in [2.05, 4.69) is 4.74 Å². The molecule has 0 heterocycles. The Labute approximate surface area is 118 Å². The first-order valence-electron chi connectivity index (χ1n) is 6.26. The molecule has 0 aromatic heterocycles. The fourth-order valence-corrected chi connectivity index (χ4v) is 1.02. The maximum Gasteiger partial charge on any atom is 0.347 e. The zero-order valence-electron chi connectivity index (χ0n) is 12.6. The van der Waals surface area contributed by atoms with E-state index in [0.717, 1.165) is 0 Å². The number of ether oxygens (including phenoxy) is 3. The van der Waals surface area contributed by atoms with Crippen molar-refractivity contribution in [2.75, 3.05) is 0 Å². The summed E-state index contributed by atoms with van der Waals surface area (Å²) in [5.41, 5.74) is -0.692. The van der Waals surface area contributed by atoms with Crippen LogP contribution in [0.1, 0.15) is 41.5 Å². The van der Waals surface area contributed by atoms with Gasteiger partial charge in [-0.05, 0) is 41.5 Å². The van der Waals surface area contributed by atoms with E-state index >= 15 is 0 Å². The summed E-state index contributed by atoms with van der Waals surface area (Å²) < 4.78 is 14.5.